The van der Waals surface area contributed by atoms with E-state index in [9.17, 15) is 29.4 Å². The summed E-state index contributed by atoms with van der Waals surface area (Å²) in [5.41, 5.74) is 10.1. The van der Waals surface area contributed by atoms with E-state index in [1.165, 1.54) is 42.3 Å². The minimum Gasteiger partial charge on any atom is -0.543 e. The molecule has 0 radical (unpaired) electrons. The summed E-state index contributed by atoms with van der Waals surface area (Å²) in [5, 5.41) is 29.0. The van der Waals surface area contributed by atoms with E-state index < -0.39 is 46.5 Å². The molecule has 2 aliphatic heterocycles. The van der Waals surface area contributed by atoms with Gasteiger partial charge in [0.2, 0.25) is 5.60 Å². The van der Waals surface area contributed by atoms with Gasteiger partial charge in [0.05, 0.1) is 16.4 Å². The Bertz CT molecular complexity index is 1660. The summed E-state index contributed by atoms with van der Waals surface area (Å²) >= 11 is 3.61. The minimum atomic E-state index is -1.77. The molecule has 15 nitrogen and oxygen atoms in total. The summed E-state index contributed by atoms with van der Waals surface area (Å²) in [6, 6.07) is 0.719. The van der Waals surface area contributed by atoms with E-state index in [2.05, 4.69) is 20.4 Å². The number of rotatable bonds is 9. The lowest BCUT2D eigenvalue weighted by Gasteiger charge is -2.50. The Hall–Kier alpha value is -4.29. The number of thioether (sulfide) groups is 1. The van der Waals surface area contributed by atoms with Crippen LogP contribution in [-0.2, 0) is 30.6 Å². The number of hydrogen-bond donors (Lipinski definition) is 4. The van der Waals surface area contributed by atoms with Gasteiger partial charge in [-0.3, -0.25) is 14.5 Å². The van der Waals surface area contributed by atoms with Gasteiger partial charge in [-0.15, -0.1) is 23.1 Å². The smallest absolute Gasteiger partial charge is 0.350 e. The Morgan fingerprint density at radius 1 is 1.32 bits per heavy atom. The average Bonchev–Trinajstić information content (AvgIpc) is 3.50. The van der Waals surface area contributed by atoms with Crippen molar-refractivity contribution in [3.05, 3.63) is 40.8 Å². The molecule has 0 aliphatic carbocycles. The van der Waals surface area contributed by atoms with E-state index in [-0.39, 0.29) is 28.8 Å². The number of fused-ring (bicyclic) bond motifs is 2. The first-order valence-electron chi connectivity index (χ1n) is 11.8. The Morgan fingerprint density at radius 3 is 2.73 bits per heavy atom. The molecule has 6 N–H and O–H groups in total. The quantitative estimate of drug-likeness (QED) is 0.0968. The summed E-state index contributed by atoms with van der Waals surface area (Å²) in [6.07, 6.45) is 3.50. The molecule has 1 fully saturated rings. The van der Waals surface area contributed by atoms with Crippen LogP contribution in [0.25, 0.3) is 10.2 Å². The van der Waals surface area contributed by atoms with Crippen molar-refractivity contribution in [3.8, 4) is 0 Å². The van der Waals surface area contributed by atoms with Crippen molar-refractivity contribution in [2.45, 2.75) is 37.4 Å². The second kappa shape index (κ2) is 10.6. The number of nitrogens with zero attached hydrogens (tertiary/aromatic N) is 5. The van der Waals surface area contributed by atoms with Crippen molar-refractivity contribution in [1.29, 1.82) is 0 Å². The zero-order valence-corrected chi connectivity index (χ0v) is 23.8. The van der Waals surface area contributed by atoms with Gasteiger partial charge in [-0.25, -0.2) is 14.8 Å². The molecule has 5 heterocycles. The van der Waals surface area contributed by atoms with Crippen molar-refractivity contribution >= 4 is 84.4 Å². The normalized spacial score (nSPS) is 19.1. The Morgan fingerprint density at radius 2 is 2.07 bits per heavy atom. The zero-order valence-electron chi connectivity index (χ0n) is 21.4. The number of oxime groups is 1. The van der Waals surface area contributed by atoms with Gasteiger partial charge in [0, 0.05) is 22.8 Å². The summed E-state index contributed by atoms with van der Waals surface area (Å²) < 4.78 is 2.62. The predicted octanol–water partition coefficient (Wildman–Crippen LogP) is -1.11. The molecule has 5 rings (SSSR count). The van der Waals surface area contributed by atoms with Crippen LogP contribution in [-0.4, -0.2) is 72.2 Å². The van der Waals surface area contributed by atoms with Gasteiger partial charge in [0.15, 0.2) is 34.9 Å². The fourth-order valence-electron chi connectivity index (χ4n) is 4.06. The van der Waals surface area contributed by atoms with E-state index in [0.717, 1.165) is 20.9 Å². The number of carboxylic acids is 2. The third kappa shape index (κ3) is 5.40. The van der Waals surface area contributed by atoms with Crippen LogP contribution in [0.5, 0.6) is 0 Å². The second-order valence-electron chi connectivity index (χ2n) is 9.44. The van der Waals surface area contributed by atoms with Crippen molar-refractivity contribution in [3.63, 3.8) is 0 Å². The molecule has 0 aromatic carbocycles. The first kappa shape index (κ1) is 28.2. The van der Waals surface area contributed by atoms with Gasteiger partial charge >= 0.3 is 5.97 Å². The highest BCUT2D eigenvalue weighted by Crippen LogP contribution is 2.40. The topological polar surface area (TPSA) is 230 Å². The van der Waals surface area contributed by atoms with E-state index in [4.69, 9.17) is 16.3 Å². The first-order chi connectivity index (χ1) is 19.4. The van der Waals surface area contributed by atoms with Gasteiger partial charge in [-0.05, 0) is 13.8 Å². The van der Waals surface area contributed by atoms with E-state index in [1.54, 1.807) is 17.0 Å². The summed E-state index contributed by atoms with van der Waals surface area (Å²) in [4.78, 5) is 64.4. The number of nitrogens with two attached hydrogens (primary N) is 2. The maximum atomic E-state index is 13.2. The molecular formula is C23H22N8O7S3. The van der Waals surface area contributed by atoms with Crippen molar-refractivity contribution in [1.82, 2.24) is 20.2 Å². The van der Waals surface area contributed by atoms with E-state index >= 15 is 0 Å². The summed E-state index contributed by atoms with van der Waals surface area (Å²) in [5.74, 6) is -4.15. The number of anilines is 2. The van der Waals surface area contributed by atoms with Crippen molar-refractivity contribution in [2.75, 3.05) is 17.2 Å². The third-order valence-corrected chi connectivity index (χ3v) is 9.04. The van der Waals surface area contributed by atoms with Crippen LogP contribution >= 0.6 is 34.4 Å². The number of amides is 2. The largest absolute Gasteiger partial charge is 0.543 e. The molecule has 0 saturated carbocycles. The third-order valence-electron chi connectivity index (χ3n) is 6.16. The second-order valence-corrected chi connectivity index (χ2v) is 12.5. The molecule has 1 unspecified atom stereocenters. The van der Waals surface area contributed by atoms with Gasteiger partial charge in [-0.1, -0.05) is 16.5 Å². The number of hydrogen-bond acceptors (Lipinski definition) is 14. The molecule has 2 atom stereocenters. The molecule has 0 bridgehead atoms. The minimum absolute atomic E-state index is 0.0135. The number of carbonyl (C=O) groups excluding carboxylic acids is 3. The highest BCUT2D eigenvalue weighted by atomic mass is 32.2. The lowest BCUT2D eigenvalue weighted by atomic mass is 10.0. The summed E-state index contributed by atoms with van der Waals surface area (Å²) in [7, 11) is 0. The standard InChI is InChI=1S/C23H22N8O7S3/c1-23(2,20(36)37)38-29-13(11-8-40-21(24)27-11)16(32)28-14-17(33)31-15(19(34)35)9(7-39-18(14)31)5-30-4-3-12-10(6-30)26-22(25)41-12/h3-4,6,8,14,18H,5,7H2,1-2H3,(H6-,24,25,26,27,28,32,34,35,36,37)/b29-13-/t14?,18-/m0/s1. The van der Waals surface area contributed by atoms with Crippen LogP contribution in [0.1, 0.15) is 19.5 Å². The number of nitrogen functional groups attached to an aromatic ring is 2. The molecule has 18 heteroatoms. The Kier molecular flexibility index (Phi) is 7.30. The van der Waals surface area contributed by atoms with E-state index in [1.807, 2.05) is 6.07 Å². The number of thiazole rings is 2. The monoisotopic (exact) mass is 618 g/mol. The van der Waals surface area contributed by atoms with Crippen LogP contribution in [0.2, 0.25) is 0 Å². The maximum Gasteiger partial charge on any atom is 0.350 e. The SMILES string of the molecule is CC(C)(O/N=C(\C(=O)NC1C(=O)N2C(C(=O)[O-])=C(C[n+]3ccc4sc(N)nc4c3)CS[C@@H]12)c1csc(N)n1)C(=O)O. The Balaban J connectivity index is 1.36. The van der Waals surface area contributed by atoms with Crippen LogP contribution < -0.4 is 26.5 Å². The number of carbonyl (C=O) groups is 4. The van der Waals surface area contributed by atoms with Gasteiger partial charge in [-0.2, -0.15) is 4.57 Å². The van der Waals surface area contributed by atoms with Crippen molar-refractivity contribution < 1.29 is 38.8 Å². The highest BCUT2D eigenvalue weighted by molar-refractivity contribution is 8.00. The average molecular weight is 619 g/mol. The molecule has 0 spiro atoms. The fourth-order valence-corrected chi connectivity index (χ4v) is 6.64. The van der Waals surface area contributed by atoms with Crippen molar-refractivity contribution in [2.24, 2.45) is 5.16 Å². The lowest BCUT2D eigenvalue weighted by molar-refractivity contribution is -0.687. The number of nitrogens with one attached hydrogen (secondary N) is 1. The van der Waals surface area contributed by atoms with Crippen LogP contribution in [0.15, 0.2) is 40.3 Å². The molecule has 214 valence electrons. The number of aromatic nitrogens is 3. The van der Waals surface area contributed by atoms with Gasteiger partial charge < -0.3 is 36.6 Å². The van der Waals surface area contributed by atoms with Gasteiger partial charge in [0.25, 0.3) is 11.8 Å². The lowest BCUT2D eigenvalue weighted by Crippen LogP contribution is -2.71. The molecule has 2 aliphatic rings. The number of carboxylic acid groups (broad SMARTS) is 2. The number of pyridine rings is 1. The maximum absolute atomic E-state index is 13.2. The van der Waals surface area contributed by atoms with Gasteiger partial charge in [0.1, 0.15) is 22.6 Å². The molecule has 3 aromatic rings. The fraction of sp³-hybridized carbons (Fsp3) is 0.304. The zero-order chi connectivity index (χ0) is 29.6. The number of aliphatic carboxylic acids is 2. The highest BCUT2D eigenvalue weighted by Gasteiger charge is 2.53. The molecule has 2 amide bonds. The molecule has 3 aromatic heterocycles. The Labute approximate surface area is 243 Å². The molecule has 1 saturated heterocycles. The van der Waals surface area contributed by atoms with Crippen LogP contribution in [0, 0.1) is 0 Å². The summed E-state index contributed by atoms with van der Waals surface area (Å²) in [6.45, 7) is 2.64. The van der Waals surface area contributed by atoms with Crippen LogP contribution in [0.3, 0.4) is 0 Å². The first-order valence-corrected chi connectivity index (χ1v) is 14.5. The van der Waals surface area contributed by atoms with Crippen LogP contribution in [0.4, 0.5) is 10.3 Å². The van der Waals surface area contributed by atoms with E-state index in [0.29, 0.717) is 16.2 Å². The molecule has 41 heavy (non-hydrogen) atoms. The predicted molar refractivity (Wildman–Crippen MR) is 147 cm³/mol. The number of β-lactam (4-membered cyclic amide) rings is 1. The molecular weight excluding hydrogens is 597 g/mol.